The molecule has 0 spiro atoms. The normalized spacial score (nSPS) is 23.7. The molecule has 0 unspecified atom stereocenters. The highest BCUT2D eigenvalue weighted by Crippen LogP contribution is 2.47. The van der Waals surface area contributed by atoms with Crippen LogP contribution in [0.2, 0.25) is 0 Å². The Hall–Kier alpha value is -1.26. The third-order valence-corrected chi connectivity index (χ3v) is 4.36. The van der Waals surface area contributed by atoms with E-state index in [1.165, 1.54) is 32.1 Å². The van der Waals surface area contributed by atoms with Crippen molar-refractivity contribution in [3.8, 4) is 0 Å². The van der Waals surface area contributed by atoms with E-state index < -0.39 is 5.41 Å². The van der Waals surface area contributed by atoms with Gasteiger partial charge in [0, 0.05) is 13.6 Å². The summed E-state index contributed by atoms with van der Waals surface area (Å²) < 4.78 is 0. The third kappa shape index (κ3) is 2.44. The molecule has 0 radical (unpaired) electrons. The Morgan fingerprint density at radius 1 is 1.39 bits per heavy atom. The molecule has 3 N–H and O–H groups in total. The van der Waals surface area contributed by atoms with Crippen molar-refractivity contribution >= 4 is 11.7 Å². The van der Waals surface area contributed by atoms with Crippen molar-refractivity contribution in [3.05, 3.63) is 0 Å². The van der Waals surface area contributed by atoms with Crippen molar-refractivity contribution in [2.45, 2.75) is 44.9 Å². The largest absolute Gasteiger partial charge is 0.409 e. The van der Waals surface area contributed by atoms with Crippen LogP contribution in [0.25, 0.3) is 0 Å². The van der Waals surface area contributed by atoms with Crippen LogP contribution in [0.15, 0.2) is 5.16 Å². The van der Waals surface area contributed by atoms with Gasteiger partial charge >= 0.3 is 0 Å². The van der Waals surface area contributed by atoms with Crippen molar-refractivity contribution in [2.75, 3.05) is 13.6 Å². The highest BCUT2D eigenvalue weighted by atomic mass is 16.4. The molecule has 5 nitrogen and oxygen atoms in total. The smallest absolute Gasteiger partial charge is 0.236 e. The number of amides is 1. The fourth-order valence-electron chi connectivity index (χ4n) is 3.01. The second-order valence-corrected chi connectivity index (χ2v) is 5.76. The van der Waals surface area contributed by atoms with Crippen molar-refractivity contribution in [1.29, 1.82) is 0 Å². The van der Waals surface area contributed by atoms with E-state index in [4.69, 9.17) is 10.9 Å². The minimum absolute atomic E-state index is 0.0170. The lowest BCUT2D eigenvalue weighted by atomic mass is 9.88. The number of carbonyl (C=O) groups is 1. The van der Waals surface area contributed by atoms with Crippen LogP contribution in [-0.2, 0) is 4.79 Å². The Balaban J connectivity index is 1.92. The highest BCUT2D eigenvalue weighted by molar-refractivity contribution is 6.09. The summed E-state index contributed by atoms with van der Waals surface area (Å²) >= 11 is 0. The van der Waals surface area contributed by atoms with Gasteiger partial charge in [-0.15, -0.1) is 0 Å². The van der Waals surface area contributed by atoms with Crippen molar-refractivity contribution in [1.82, 2.24) is 4.90 Å². The number of rotatable bonds is 4. The number of oxime groups is 1. The average molecular weight is 253 g/mol. The van der Waals surface area contributed by atoms with E-state index >= 15 is 0 Å². The molecule has 0 aromatic heterocycles. The lowest BCUT2D eigenvalue weighted by Crippen LogP contribution is -2.43. The Kier molecular flexibility index (Phi) is 3.78. The molecule has 0 saturated heterocycles. The van der Waals surface area contributed by atoms with Crippen molar-refractivity contribution in [3.63, 3.8) is 0 Å². The lowest BCUT2D eigenvalue weighted by molar-refractivity contribution is -0.134. The molecule has 0 atom stereocenters. The first-order chi connectivity index (χ1) is 8.60. The molecule has 0 aromatic carbocycles. The van der Waals surface area contributed by atoms with Gasteiger partial charge in [0.2, 0.25) is 5.91 Å². The predicted octanol–water partition coefficient (Wildman–Crippen LogP) is 1.55. The van der Waals surface area contributed by atoms with Gasteiger partial charge in [-0.2, -0.15) is 0 Å². The predicted molar refractivity (Wildman–Crippen MR) is 69.3 cm³/mol. The fourth-order valence-corrected chi connectivity index (χ4v) is 3.01. The molecule has 2 saturated carbocycles. The van der Waals surface area contributed by atoms with E-state index in [1.54, 1.807) is 4.90 Å². The summed E-state index contributed by atoms with van der Waals surface area (Å²) in [7, 11) is 1.83. The molecule has 1 amide bonds. The van der Waals surface area contributed by atoms with Gasteiger partial charge in [0.05, 0.1) is 0 Å². The summed E-state index contributed by atoms with van der Waals surface area (Å²) in [5.41, 5.74) is 4.94. The molecule has 2 rings (SSSR count). The number of nitrogens with two attached hydrogens (primary N) is 1. The lowest BCUT2D eigenvalue weighted by Gasteiger charge is -2.29. The maximum absolute atomic E-state index is 12.4. The molecule has 0 aromatic rings. The van der Waals surface area contributed by atoms with Crippen LogP contribution < -0.4 is 5.73 Å². The molecule has 0 bridgehead atoms. The third-order valence-electron chi connectivity index (χ3n) is 4.36. The van der Waals surface area contributed by atoms with Gasteiger partial charge in [0.25, 0.3) is 0 Å². The van der Waals surface area contributed by atoms with Crippen molar-refractivity contribution in [2.24, 2.45) is 22.2 Å². The topological polar surface area (TPSA) is 78.9 Å². The molecule has 102 valence electrons. The van der Waals surface area contributed by atoms with Crippen LogP contribution in [0.4, 0.5) is 0 Å². The summed E-state index contributed by atoms with van der Waals surface area (Å²) in [6, 6.07) is 0. The Morgan fingerprint density at radius 3 is 2.50 bits per heavy atom. The van der Waals surface area contributed by atoms with Gasteiger partial charge in [0.1, 0.15) is 5.41 Å². The van der Waals surface area contributed by atoms with E-state index in [9.17, 15) is 4.79 Å². The second kappa shape index (κ2) is 5.16. The molecule has 2 aliphatic rings. The summed E-state index contributed by atoms with van der Waals surface area (Å²) in [5.74, 6) is 0.710. The van der Waals surface area contributed by atoms with Crippen LogP contribution in [0.5, 0.6) is 0 Å². The molecular formula is C13H23N3O2. The van der Waals surface area contributed by atoms with Crippen LogP contribution in [0.1, 0.15) is 44.9 Å². The van der Waals surface area contributed by atoms with Gasteiger partial charge in [-0.05, 0) is 31.6 Å². The van der Waals surface area contributed by atoms with Crippen LogP contribution in [-0.4, -0.2) is 35.4 Å². The Labute approximate surface area is 108 Å². The van der Waals surface area contributed by atoms with Gasteiger partial charge in [-0.1, -0.05) is 24.4 Å². The van der Waals surface area contributed by atoms with Crippen LogP contribution >= 0.6 is 0 Å². The molecule has 18 heavy (non-hydrogen) atoms. The van der Waals surface area contributed by atoms with Crippen LogP contribution in [0.3, 0.4) is 0 Å². The number of nitrogens with zero attached hydrogens (tertiary/aromatic N) is 2. The minimum Gasteiger partial charge on any atom is -0.409 e. The van der Waals surface area contributed by atoms with Crippen LogP contribution in [0, 0.1) is 11.3 Å². The van der Waals surface area contributed by atoms with E-state index in [0.29, 0.717) is 18.8 Å². The fraction of sp³-hybridized carbons (Fsp3) is 0.846. The highest BCUT2D eigenvalue weighted by Gasteiger charge is 2.55. The summed E-state index contributed by atoms with van der Waals surface area (Å²) in [5, 5.41) is 11.8. The molecule has 0 aliphatic heterocycles. The van der Waals surface area contributed by atoms with Gasteiger partial charge in [-0.25, -0.2) is 0 Å². The SMILES string of the molecule is CN(CC1CCCCC1)C(=O)C1(C(N)=NO)CC1. The maximum atomic E-state index is 12.4. The number of hydrogen-bond donors (Lipinski definition) is 2. The average Bonchev–Trinajstić information content (AvgIpc) is 3.19. The van der Waals surface area contributed by atoms with E-state index in [-0.39, 0.29) is 11.7 Å². The molecule has 2 aliphatic carbocycles. The molecule has 5 heteroatoms. The minimum atomic E-state index is -0.696. The van der Waals surface area contributed by atoms with Gasteiger partial charge in [-0.3, -0.25) is 4.79 Å². The second-order valence-electron chi connectivity index (χ2n) is 5.76. The molecule has 2 fully saturated rings. The number of carbonyl (C=O) groups excluding carboxylic acids is 1. The number of amidine groups is 1. The Morgan fingerprint density at radius 2 is 2.00 bits per heavy atom. The first-order valence-electron chi connectivity index (χ1n) is 6.84. The van der Waals surface area contributed by atoms with Gasteiger partial charge < -0.3 is 15.8 Å². The first-order valence-corrected chi connectivity index (χ1v) is 6.84. The monoisotopic (exact) mass is 253 g/mol. The van der Waals surface area contributed by atoms with Gasteiger partial charge in [0.15, 0.2) is 5.84 Å². The molecular weight excluding hydrogens is 230 g/mol. The zero-order valence-electron chi connectivity index (χ0n) is 11.1. The summed E-state index contributed by atoms with van der Waals surface area (Å²) in [4.78, 5) is 14.1. The quantitative estimate of drug-likeness (QED) is 0.345. The maximum Gasteiger partial charge on any atom is 0.236 e. The van der Waals surface area contributed by atoms with E-state index in [0.717, 1.165) is 6.54 Å². The zero-order valence-corrected chi connectivity index (χ0v) is 11.1. The standard InChI is InChI=1S/C13H23N3O2/c1-16(9-10-5-3-2-4-6-10)12(17)13(7-8-13)11(14)15-18/h10,18H,2-9H2,1H3,(H2,14,15). The summed E-state index contributed by atoms with van der Waals surface area (Å²) in [6.45, 7) is 0.805. The summed E-state index contributed by atoms with van der Waals surface area (Å²) in [6.07, 6.45) is 7.72. The first kappa shape index (κ1) is 13.2. The van der Waals surface area contributed by atoms with E-state index in [2.05, 4.69) is 5.16 Å². The van der Waals surface area contributed by atoms with Crippen molar-refractivity contribution < 1.29 is 10.0 Å². The van der Waals surface area contributed by atoms with E-state index in [1.807, 2.05) is 7.05 Å². The number of hydrogen-bond acceptors (Lipinski definition) is 3. The zero-order chi connectivity index (χ0) is 13.2. The Bertz CT molecular complexity index is 344. The molecule has 0 heterocycles.